The maximum Gasteiger partial charge on any atom is 0.236 e. The molecule has 0 aliphatic carbocycles. The molecule has 122 valence electrons. The second kappa shape index (κ2) is 7.75. The first-order chi connectivity index (χ1) is 10.5. The fourth-order valence-corrected chi connectivity index (χ4v) is 2.77. The number of hydrogen-bond donors (Lipinski definition) is 0. The number of amides is 1. The van der Waals surface area contributed by atoms with E-state index >= 15 is 0 Å². The van der Waals surface area contributed by atoms with Crippen molar-refractivity contribution in [1.82, 2.24) is 14.7 Å². The predicted molar refractivity (Wildman–Crippen MR) is 90.8 cm³/mol. The molecule has 1 amide bonds. The Bertz CT molecular complexity index is 493. The van der Waals surface area contributed by atoms with E-state index in [9.17, 15) is 4.79 Å². The minimum Gasteiger partial charge on any atom is -0.342 e. The van der Waals surface area contributed by atoms with Gasteiger partial charge in [-0.3, -0.25) is 14.6 Å². The molecule has 0 aromatic heterocycles. The molecule has 2 rings (SSSR count). The lowest BCUT2D eigenvalue weighted by atomic mass is 10.1. The van der Waals surface area contributed by atoms with E-state index in [1.54, 1.807) is 0 Å². The molecule has 4 nitrogen and oxygen atoms in total. The number of hydrogen-bond acceptors (Lipinski definition) is 3. The Morgan fingerprint density at radius 2 is 1.82 bits per heavy atom. The Balaban J connectivity index is 1.77. The lowest BCUT2D eigenvalue weighted by Crippen LogP contribution is -2.50. The van der Waals surface area contributed by atoms with Crippen molar-refractivity contribution in [2.24, 2.45) is 0 Å². The summed E-state index contributed by atoms with van der Waals surface area (Å²) in [4.78, 5) is 18.7. The molecule has 22 heavy (non-hydrogen) atoms. The van der Waals surface area contributed by atoms with Crippen LogP contribution in [0.5, 0.6) is 0 Å². The van der Waals surface area contributed by atoms with E-state index < -0.39 is 0 Å². The third-order valence-electron chi connectivity index (χ3n) is 4.48. The van der Waals surface area contributed by atoms with Crippen molar-refractivity contribution >= 4 is 5.91 Å². The van der Waals surface area contributed by atoms with Crippen LogP contribution in [-0.2, 0) is 11.3 Å². The molecular formula is C18H29N3O. The Morgan fingerprint density at radius 3 is 2.41 bits per heavy atom. The number of aryl methyl sites for hydroxylation is 1. The summed E-state index contributed by atoms with van der Waals surface area (Å²) >= 11 is 0. The van der Waals surface area contributed by atoms with Crippen LogP contribution in [-0.4, -0.2) is 66.4 Å². The average molecular weight is 303 g/mol. The van der Waals surface area contributed by atoms with Crippen LogP contribution >= 0.6 is 0 Å². The molecule has 0 radical (unpaired) electrons. The summed E-state index contributed by atoms with van der Waals surface area (Å²) in [7, 11) is 1.89. The Labute approximate surface area is 134 Å². The molecule has 1 aliphatic rings. The predicted octanol–water partition coefficient (Wildman–Crippen LogP) is 1.98. The largest absolute Gasteiger partial charge is 0.342 e. The Morgan fingerprint density at radius 1 is 1.18 bits per heavy atom. The van der Waals surface area contributed by atoms with Crippen LogP contribution in [0, 0.1) is 6.92 Å². The van der Waals surface area contributed by atoms with Crippen LogP contribution < -0.4 is 0 Å². The van der Waals surface area contributed by atoms with Gasteiger partial charge in [-0.25, -0.2) is 0 Å². The molecule has 0 unspecified atom stereocenters. The van der Waals surface area contributed by atoms with Gasteiger partial charge >= 0.3 is 0 Å². The third kappa shape index (κ3) is 4.82. The van der Waals surface area contributed by atoms with Gasteiger partial charge in [-0.05, 0) is 26.3 Å². The molecular weight excluding hydrogens is 274 g/mol. The SMILES string of the molecule is Cc1cccc(CN2CCN(CC(=O)N(C)C(C)C)CC2)c1. The first-order valence-corrected chi connectivity index (χ1v) is 8.21. The number of rotatable bonds is 5. The quantitative estimate of drug-likeness (QED) is 0.832. The zero-order chi connectivity index (χ0) is 16.1. The third-order valence-corrected chi connectivity index (χ3v) is 4.48. The fraction of sp³-hybridized carbons (Fsp3) is 0.611. The molecule has 0 atom stereocenters. The molecule has 1 aromatic carbocycles. The van der Waals surface area contributed by atoms with Crippen LogP contribution in [0.2, 0.25) is 0 Å². The number of carbonyl (C=O) groups excluding carboxylic acids is 1. The summed E-state index contributed by atoms with van der Waals surface area (Å²) in [5.74, 6) is 0.224. The van der Waals surface area contributed by atoms with E-state index in [0.717, 1.165) is 32.7 Å². The molecule has 1 fully saturated rings. The van der Waals surface area contributed by atoms with Crippen molar-refractivity contribution in [3.63, 3.8) is 0 Å². The number of benzene rings is 1. The van der Waals surface area contributed by atoms with Crippen molar-refractivity contribution in [1.29, 1.82) is 0 Å². The summed E-state index contributed by atoms with van der Waals surface area (Å²) in [6, 6.07) is 8.99. The van der Waals surface area contributed by atoms with Gasteiger partial charge in [0.1, 0.15) is 0 Å². The molecule has 1 saturated heterocycles. The van der Waals surface area contributed by atoms with Crippen molar-refractivity contribution in [2.75, 3.05) is 39.8 Å². The first kappa shape index (κ1) is 17.0. The lowest BCUT2D eigenvalue weighted by molar-refractivity contribution is -0.133. The van der Waals surface area contributed by atoms with Crippen molar-refractivity contribution in [3.05, 3.63) is 35.4 Å². The number of piperazine rings is 1. The lowest BCUT2D eigenvalue weighted by Gasteiger charge is -2.35. The molecule has 0 saturated carbocycles. The van der Waals surface area contributed by atoms with Gasteiger partial charge in [0, 0.05) is 45.8 Å². The normalized spacial score (nSPS) is 17.0. The van der Waals surface area contributed by atoms with E-state index in [1.807, 2.05) is 11.9 Å². The van der Waals surface area contributed by atoms with Crippen molar-refractivity contribution in [3.8, 4) is 0 Å². The van der Waals surface area contributed by atoms with Crippen LogP contribution in [0.25, 0.3) is 0 Å². The molecule has 1 aromatic rings. The van der Waals surface area contributed by atoms with Gasteiger partial charge in [-0.2, -0.15) is 0 Å². The van der Waals surface area contributed by atoms with Crippen LogP contribution in [0.1, 0.15) is 25.0 Å². The number of nitrogens with zero attached hydrogens (tertiary/aromatic N) is 3. The minimum atomic E-state index is 0.224. The summed E-state index contributed by atoms with van der Waals surface area (Å²) in [6.07, 6.45) is 0. The van der Waals surface area contributed by atoms with Gasteiger partial charge in [-0.1, -0.05) is 29.8 Å². The molecule has 1 aliphatic heterocycles. The molecule has 4 heteroatoms. The number of likely N-dealkylation sites (N-methyl/N-ethyl adjacent to an activating group) is 1. The van der Waals surface area contributed by atoms with E-state index in [0.29, 0.717) is 6.54 Å². The Hall–Kier alpha value is -1.39. The zero-order valence-corrected chi connectivity index (χ0v) is 14.4. The monoisotopic (exact) mass is 303 g/mol. The Kier molecular flexibility index (Phi) is 5.98. The highest BCUT2D eigenvalue weighted by Gasteiger charge is 2.21. The summed E-state index contributed by atoms with van der Waals surface area (Å²) < 4.78 is 0. The van der Waals surface area contributed by atoms with Crippen molar-refractivity contribution in [2.45, 2.75) is 33.4 Å². The second-order valence-corrected chi connectivity index (χ2v) is 6.64. The van der Waals surface area contributed by atoms with Crippen LogP contribution in [0.4, 0.5) is 0 Å². The van der Waals surface area contributed by atoms with E-state index in [-0.39, 0.29) is 11.9 Å². The topological polar surface area (TPSA) is 26.8 Å². The van der Waals surface area contributed by atoms with Gasteiger partial charge in [0.15, 0.2) is 0 Å². The second-order valence-electron chi connectivity index (χ2n) is 6.64. The standard InChI is InChI=1S/C18H29N3O/c1-15(2)19(4)18(22)14-21-10-8-20(9-11-21)13-17-7-5-6-16(3)12-17/h5-7,12,15H,8-11,13-14H2,1-4H3. The molecule has 1 heterocycles. The molecule has 0 spiro atoms. The molecule has 0 bridgehead atoms. The minimum absolute atomic E-state index is 0.224. The highest BCUT2D eigenvalue weighted by molar-refractivity contribution is 5.78. The highest BCUT2D eigenvalue weighted by Crippen LogP contribution is 2.10. The van der Waals surface area contributed by atoms with Crippen molar-refractivity contribution < 1.29 is 4.79 Å². The number of carbonyl (C=O) groups is 1. The van der Waals surface area contributed by atoms with Crippen LogP contribution in [0.3, 0.4) is 0 Å². The fourth-order valence-electron chi connectivity index (χ4n) is 2.77. The highest BCUT2D eigenvalue weighted by atomic mass is 16.2. The van der Waals surface area contributed by atoms with E-state index in [2.05, 4.69) is 54.8 Å². The van der Waals surface area contributed by atoms with E-state index in [4.69, 9.17) is 0 Å². The van der Waals surface area contributed by atoms with Gasteiger partial charge < -0.3 is 4.90 Å². The summed E-state index contributed by atoms with van der Waals surface area (Å²) in [5.41, 5.74) is 2.70. The average Bonchev–Trinajstić information content (AvgIpc) is 2.48. The molecule has 0 N–H and O–H groups in total. The summed E-state index contributed by atoms with van der Waals surface area (Å²) in [6.45, 7) is 11.8. The smallest absolute Gasteiger partial charge is 0.236 e. The van der Waals surface area contributed by atoms with Gasteiger partial charge in [0.05, 0.1) is 6.54 Å². The van der Waals surface area contributed by atoms with Gasteiger partial charge in [0.2, 0.25) is 5.91 Å². The van der Waals surface area contributed by atoms with Gasteiger partial charge in [-0.15, -0.1) is 0 Å². The zero-order valence-electron chi connectivity index (χ0n) is 14.4. The van der Waals surface area contributed by atoms with E-state index in [1.165, 1.54) is 11.1 Å². The summed E-state index contributed by atoms with van der Waals surface area (Å²) in [5, 5.41) is 0. The van der Waals surface area contributed by atoms with Crippen LogP contribution in [0.15, 0.2) is 24.3 Å². The maximum absolute atomic E-state index is 12.1. The maximum atomic E-state index is 12.1. The first-order valence-electron chi connectivity index (χ1n) is 8.21. The van der Waals surface area contributed by atoms with Gasteiger partial charge in [0.25, 0.3) is 0 Å².